The van der Waals surface area contributed by atoms with E-state index in [0.717, 1.165) is 0 Å². The predicted molar refractivity (Wildman–Crippen MR) is 40.7 cm³/mol. The van der Waals surface area contributed by atoms with Gasteiger partial charge in [-0.2, -0.15) is 0 Å². The van der Waals surface area contributed by atoms with Crippen LogP contribution in [-0.4, -0.2) is 12.5 Å². The summed E-state index contributed by atoms with van der Waals surface area (Å²) in [5.74, 6) is 5.16. The maximum atomic E-state index is 10.7. The molecule has 1 aliphatic rings. The van der Waals surface area contributed by atoms with Crippen LogP contribution in [0.4, 0.5) is 0 Å². The highest BCUT2D eigenvalue weighted by Crippen LogP contribution is 2.13. The van der Waals surface area contributed by atoms with Crippen LogP contribution in [0.15, 0.2) is 11.9 Å². The Morgan fingerprint density at radius 1 is 1.82 bits per heavy atom. The van der Waals surface area contributed by atoms with E-state index in [4.69, 9.17) is 11.6 Å². The molecule has 1 saturated heterocycles. The zero-order valence-corrected chi connectivity index (χ0v) is 6.13. The molecule has 62 valence electrons. The van der Waals surface area contributed by atoms with E-state index < -0.39 is 0 Å². The van der Waals surface area contributed by atoms with E-state index in [1.165, 1.54) is 6.20 Å². The molecule has 0 spiro atoms. The molecule has 11 heavy (non-hydrogen) atoms. The highest BCUT2D eigenvalue weighted by molar-refractivity contribution is 5.78. The van der Waals surface area contributed by atoms with Crippen LogP contribution in [0.2, 0.25) is 0 Å². The second-order valence-corrected chi connectivity index (χ2v) is 2.52. The normalized spacial score (nSPS) is 25.0. The summed E-state index contributed by atoms with van der Waals surface area (Å²) in [6, 6.07) is 0. The lowest BCUT2D eigenvalue weighted by atomic mass is 10.1. The van der Waals surface area contributed by atoms with Crippen LogP contribution in [-0.2, 0) is 4.79 Å². The van der Waals surface area contributed by atoms with Crippen LogP contribution in [0.5, 0.6) is 0 Å². The van der Waals surface area contributed by atoms with Crippen LogP contribution in [0, 0.1) is 5.92 Å². The summed E-state index contributed by atoms with van der Waals surface area (Å²) in [7, 11) is 0. The van der Waals surface area contributed by atoms with Gasteiger partial charge in [-0.25, -0.2) is 0 Å². The van der Waals surface area contributed by atoms with Crippen LogP contribution in [0.3, 0.4) is 0 Å². The SMILES string of the molecule is NN/C=C(\N)C1CNC(=O)C1. The standard InChI is InChI=1S/C6H12N4O/c7-5(3-10-8)4-1-6(11)9-2-4/h3-4,10H,1-2,7-8H2,(H,9,11)/b5-3-. The van der Waals surface area contributed by atoms with Gasteiger partial charge in [-0.05, 0) is 0 Å². The summed E-state index contributed by atoms with van der Waals surface area (Å²) in [4.78, 5) is 10.7. The van der Waals surface area contributed by atoms with Crippen molar-refractivity contribution in [2.24, 2.45) is 17.5 Å². The highest BCUT2D eigenvalue weighted by Gasteiger charge is 2.22. The number of carbonyl (C=O) groups excluding carboxylic acids is 1. The maximum Gasteiger partial charge on any atom is 0.220 e. The van der Waals surface area contributed by atoms with Gasteiger partial charge in [0.25, 0.3) is 0 Å². The molecule has 1 heterocycles. The first-order valence-corrected chi connectivity index (χ1v) is 3.42. The number of nitrogens with one attached hydrogen (secondary N) is 2. The Morgan fingerprint density at radius 2 is 2.55 bits per heavy atom. The summed E-state index contributed by atoms with van der Waals surface area (Å²) >= 11 is 0. The molecule has 0 aliphatic carbocycles. The van der Waals surface area contributed by atoms with Crippen molar-refractivity contribution in [3.63, 3.8) is 0 Å². The zero-order chi connectivity index (χ0) is 8.27. The Morgan fingerprint density at radius 3 is 3.00 bits per heavy atom. The Labute approximate surface area is 64.8 Å². The summed E-state index contributed by atoms with van der Waals surface area (Å²) in [5, 5.41) is 2.68. The zero-order valence-electron chi connectivity index (χ0n) is 6.13. The van der Waals surface area contributed by atoms with Gasteiger partial charge in [0, 0.05) is 30.8 Å². The molecule has 0 bridgehead atoms. The van der Waals surface area contributed by atoms with Crippen molar-refractivity contribution in [1.82, 2.24) is 10.7 Å². The Bertz CT molecular complexity index is 189. The third-order valence-corrected chi connectivity index (χ3v) is 1.70. The van der Waals surface area contributed by atoms with E-state index in [-0.39, 0.29) is 11.8 Å². The first kappa shape index (κ1) is 7.87. The van der Waals surface area contributed by atoms with Crippen LogP contribution in [0.1, 0.15) is 6.42 Å². The molecule has 1 fully saturated rings. The minimum Gasteiger partial charge on any atom is -0.401 e. The van der Waals surface area contributed by atoms with E-state index >= 15 is 0 Å². The van der Waals surface area contributed by atoms with Crippen LogP contribution in [0.25, 0.3) is 0 Å². The molecule has 0 aromatic rings. The Balaban J connectivity index is 2.49. The molecule has 0 aromatic carbocycles. The summed E-state index contributed by atoms with van der Waals surface area (Å²) < 4.78 is 0. The quantitative estimate of drug-likeness (QED) is 0.286. The predicted octanol–water partition coefficient (Wildman–Crippen LogP) is -1.61. The first-order valence-electron chi connectivity index (χ1n) is 3.42. The molecule has 0 radical (unpaired) electrons. The average molecular weight is 156 g/mol. The number of carbonyl (C=O) groups is 1. The van der Waals surface area contributed by atoms with Crippen LogP contribution >= 0.6 is 0 Å². The lowest BCUT2D eigenvalue weighted by Gasteiger charge is -2.06. The summed E-state index contributed by atoms with van der Waals surface area (Å²) in [5.41, 5.74) is 8.53. The molecule has 1 atom stereocenters. The number of hydrogen-bond acceptors (Lipinski definition) is 4. The van der Waals surface area contributed by atoms with Gasteiger partial charge in [0.1, 0.15) is 0 Å². The second-order valence-electron chi connectivity index (χ2n) is 2.52. The largest absolute Gasteiger partial charge is 0.401 e. The minimum atomic E-state index is 0.0448. The summed E-state index contributed by atoms with van der Waals surface area (Å²) in [6.45, 7) is 0.614. The van der Waals surface area contributed by atoms with E-state index in [1.54, 1.807) is 0 Å². The molecular weight excluding hydrogens is 144 g/mol. The van der Waals surface area contributed by atoms with E-state index in [2.05, 4.69) is 10.7 Å². The summed E-state index contributed by atoms with van der Waals surface area (Å²) in [6.07, 6.45) is 1.97. The minimum absolute atomic E-state index is 0.0448. The molecule has 0 aromatic heterocycles. The molecule has 1 aliphatic heterocycles. The Kier molecular flexibility index (Phi) is 2.32. The molecule has 1 rings (SSSR count). The van der Waals surface area contributed by atoms with Crippen molar-refractivity contribution in [3.05, 3.63) is 11.9 Å². The highest BCUT2D eigenvalue weighted by atomic mass is 16.1. The van der Waals surface area contributed by atoms with Gasteiger partial charge in [-0.3, -0.25) is 10.6 Å². The van der Waals surface area contributed by atoms with Crippen molar-refractivity contribution in [3.8, 4) is 0 Å². The van der Waals surface area contributed by atoms with Crippen molar-refractivity contribution in [2.75, 3.05) is 6.54 Å². The van der Waals surface area contributed by atoms with Gasteiger partial charge in [0.15, 0.2) is 0 Å². The van der Waals surface area contributed by atoms with Crippen molar-refractivity contribution >= 4 is 5.91 Å². The molecule has 5 heteroatoms. The van der Waals surface area contributed by atoms with E-state index in [0.29, 0.717) is 18.7 Å². The van der Waals surface area contributed by atoms with E-state index in [9.17, 15) is 4.79 Å². The van der Waals surface area contributed by atoms with Crippen LogP contribution < -0.4 is 22.3 Å². The number of hydrazine groups is 1. The monoisotopic (exact) mass is 156 g/mol. The van der Waals surface area contributed by atoms with E-state index in [1.807, 2.05) is 0 Å². The third-order valence-electron chi connectivity index (χ3n) is 1.70. The van der Waals surface area contributed by atoms with Gasteiger partial charge in [0.05, 0.1) is 0 Å². The van der Waals surface area contributed by atoms with Gasteiger partial charge < -0.3 is 16.5 Å². The number of hydrogen-bond donors (Lipinski definition) is 4. The number of nitrogens with two attached hydrogens (primary N) is 2. The lowest BCUT2D eigenvalue weighted by molar-refractivity contribution is -0.119. The lowest BCUT2D eigenvalue weighted by Crippen LogP contribution is -2.21. The average Bonchev–Trinajstić information content (AvgIpc) is 2.36. The molecule has 0 saturated carbocycles. The van der Waals surface area contributed by atoms with Gasteiger partial charge in [-0.15, -0.1) is 0 Å². The fourth-order valence-electron chi connectivity index (χ4n) is 1.05. The Hall–Kier alpha value is -1.23. The number of amides is 1. The maximum absolute atomic E-state index is 10.7. The first-order chi connectivity index (χ1) is 5.24. The smallest absolute Gasteiger partial charge is 0.220 e. The van der Waals surface area contributed by atoms with Crippen molar-refractivity contribution in [2.45, 2.75) is 6.42 Å². The van der Waals surface area contributed by atoms with Crippen molar-refractivity contribution < 1.29 is 4.79 Å². The molecule has 1 amide bonds. The topological polar surface area (TPSA) is 93.2 Å². The van der Waals surface area contributed by atoms with Crippen molar-refractivity contribution in [1.29, 1.82) is 0 Å². The van der Waals surface area contributed by atoms with Gasteiger partial charge in [-0.1, -0.05) is 0 Å². The fourth-order valence-corrected chi connectivity index (χ4v) is 1.05. The van der Waals surface area contributed by atoms with Gasteiger partial charge >= 0.3 is 0 Å². The molecule has 5 nitrogen and oxygen atoms in total. The number of rotatable bonds is 2. The molecule has 6 N–H and O–H groups in total. The molecular formula is C6H12N4O. The molecule has 1 unspecified atom stereocenters. The van der Waals surface area contributed by atoms with Gasteiger partial charge in [0.2, 0.25) is 5.91 Å². The fraction of sp³-hybridized carbons (Fsp3) is 0.500. The second kappa shape index (κ2) is 3.25. The third kappa shape index (κ3) is 1.84.